The fourth-order valence-corrected chi connectivity index (χ4v) is 2.47. The molecule has 0 saturated heterocycles. The van der Waals surface area contributed by atoms with Crippen LogP contribution in [0.25, 0.3) is 0 Å². The lowest BCUT2D eigenvalue weighted by atomic mass is 9.76. The summed E-state index contributed by atoms with van der Waals surface area (Å²) in [4.78, 5) is 4.50. The van der Waals surface area contributed by atoms with Crippen LogP contribution in [-0.4, -0.2) is 23.8 Å². The van der Waals surface area contributed by atoms with Crippen molar-refractivity contribution in [1.82, 2.24) is 10.1 Å². The number of rotatable bonds is 8. The second-order valence-electron chi connectivity index (χ2n) is 6.98. The summed E-state index contributed by atoms with van der Waals surface area (Å²) in [5, 5.41) is 4.08. The van der Waals surface area contributed by atoms with E-state index in [0.29, 0.717) is 24.2 Å². The first-order valence-corrected chi connectivity index (χ1v) is 7.85. The first-order chi connectivity index (χ1) is 9.76. The normalized spacial score (nSPS) is 16.7. The third-order valence-electron chi connectivity index (χ3n) is 4.51. The number of nitrogens with zero attached hydrogens (tertiary/aromatic N) is 2. The van der Waals surface area contributed by atoms with Gasteiger partial charge in [-0.05, 0) is 44.1 Å². The molecule has 1 rings (SSSR count). The molecule has 0 aromatic carbocycles. The summed E-state index contributed by atoms with van der Waals surface area (Å²) in [6, 6.07) is 0. The summed E-state index contributed by atoms with van der Waals surface area (Å²) in [5.41, 5.74) is 5.50. The topological polar surface area (TPSA) is 74.2 Å². The van der Waals surface area contributed by atoms with Crippen molar-refractivity contribution in [3.05, 3.63) is 11.7 Å². The van der Waals surface area contributed by atoms with Gasteiger partial charge in [-0.3, -0.25) is 0 Å². The number of aromatic nitrogens is 2. The zero-order valence-corrected chi connectivity index (χ0v) is 14.4. The molecule has 0 bridgehead atoms. The minimum absolute atomic E-state index is 0.243. The summed E-state index contributed by atoms with van der Waals surface area (Å²) in [5.74, 6) is 1.87. The zero-order valence-electron chi connectivity index (χ0n) is 14.4. The number of hydrogen-bond donors (Lipinski definition) is 1. The summed E-state index contributed by atoms with van der Waals surface area (Å²) in [6.45, 7) is 11.5. The number of hydrogen-bond acceptors (Lipinski definition) is 5. The zero-order chi connectivity index (χ0) is 16.1. The highest BCUT2D eigenvalue weighted by Crippen LogP contribution is 2.32. The van der Waals surface area contributed by atoms with Gasteiger partial charge in [0.15, 0.2) is 0 Å². The SMILES string of the molecule is CCC(C)(OC)c1noc(CCC(CCN)C(C)(C)C)n1. The Hall–Kier alpha value is -0.940. The second kappa shape index (κ2) is 7.36. The molecular weight excluding hydrogens is 266 g/mol. The molecular formula is C16H31N3O2. The van der Waals surface area contributed by atoms with E-state index in [0.717, 1.165) is 25.7 Å². The van der Waals surface area contributed by atoms with Crippen LogP contribution < -0.4 is 5.73 Å². The molecule has 21 heavy (non-hydrogen) atoms. The van der Waals surface area contributed by atoms with E-state index in [4.69, 9.17) is 15.0 Å². The van der Waals surface area contributed by atoms with Crippen molar-refractivity contribution in [2.24, 2.45) is 17.1 Å². The van der Waals surface area contributed by atoms with E-state index in [9.17, 15) is 0 Å². The van der Waals surface area contributed by atoms with Gasteiger partial charge in [0.05, 0.1) is 0 Å². The minimum Gasteiger partial charge on any atom is -0.370 e. The van der Waals surface area contributed by atoms with Gasteiger partial charge in [0.1, 0.15) is 5.60 Å². The predicted molar refractivity (Wildman–Crippen MR) is 83.9 cm³/mol. The third kappa shape index (κ3) is 4.78. The summed E-state index contributed by atoms with van der Waals surface area (Å²) in [7, 11) is 1.68. The molecule has 0 spiro atoms. The van der Waals surface area contributed by atoms with Crippen LogP contribution in [0.1, 0.15) is 65.6 Å². The number of methoxy groups -OCH3 is 1. The maximum atomic E-state index is 5.72. The maximum Gasteiger partial charge on any atom is 0.226 e. The van der Waals surface area contributed by atoms with E-state index >= 15 is 0 Å². The van der Waals surface area contributed by atoms with Crippen LogP contribution in [-0.2, 0) is 16.8 Å². The molecule has 0 saturated carbocycles. The first-order valence-electron chi connectivity index (χ1n) is 7.85. The van der Waals surface area contributed by atoms with E-state index in [1.54, 1.807) is 7.11 Å². The Kier molecular flexibility index (Phi) is 6.35. The van der Waals surface area contributed by atoms with E-state index in [1.165, 1.54) is 0 Å². The largest absolute Gasteiger partial charge is 0.370 e. The van der Waals surface area contributed by atoms with E-state index < -0.39 is 5.60 Å². The monoisotopic (exact) mass is 297 g/mol. The predicted octanol–water partition coefficient (Wildman–Crippen LogP) is 3.28. The van der Waals surface area contributed by atoms with Gasteiger partial charge in [0, 0.05) is 13.5 Å². The fraction of sp³-hybridized carbons (Fsp3) is 0.875. The van der Waals surface area contributed by atoms with Crippen molar-refractivity contribution >= 4 is 0 Å². The van der Waals surface area contributed by atoms with Crippen LogP contribution >= 0.6 is 0 Å². The van der Waals surface area contributed by atoms with Gasteiger partial charge in [-0.25, -0.2) is 0 Å². The lowest BCUT2D eigenvalue weighted by Crippen LogP contribution is -2.25. The Morgan fingerprint density at radius 1 is 1.24 bits per heavy atom. The van der Waals surface area contributed by atoms with Crippen LogP contribution in [0.5, 0.6) is 0 Å². The average Bonchev–Trinajstić information content (AvgIpc) is 2.90. The smallest absolute Gasteiger partial charge is 0.226 e. The molecule has 0 aliphatic rings. The maximum absolute atomic E-state index is 5.72. The Balaban J connectivity index is 2.70. The van der Waals surface area contributed by atoms with Gasteiger partial charge in [0.25, 0.3) is 0 Å². The summed E-state index contributed by atoms with van der Waals surface area (Å²) >= 11 is 0. The van der Waals surface area contributed by atoms with Gasteiger partial charge >= 0.3 is 0 Å². The lowest BCUT2D eigenvalue weighted by molar-refractivity contribution is -0.0106. The number of aryl methyl sites for hydroxylation is 1. The summed E-state index contributed by atoms with van der Waals surface area (Å²) in [6.07, 6.45) is 3.63. The van der Waals surface area contributed by atoms with Crippen molar-refractivity contribution in [1.29, 1.82) is 0 Å². The van der Waals surface area contributed by atoms with Crippen LogP contribution in [0, 0.1) is 11.3 Å². The molecule has 5 heteroatoms. The highest BCUT2D eigenvalue weighted by molar-refractivity contribution is 4.99. The van der Waals surface area contributed by atoms with E-state index in [-0.39, 0.29) is 5.41 Å². The molecule has 2 N–H and O–H groups in total. The Morgan fingerprint density at radius 2 is 1.90 bits per heavy atom. The first kappa shape index (κ1) is 18.1. The third-order valence-corrected chi connectivity index (χ3v) is 4.51. The number of nitrogens with two attached hydrogens (primary N) is 1. The van der Waals surface area contributed by atoms with E-state index in [1.807, 2.05) is 6.92 Å². The molecule has 2 atom stereocenters. The molecule has 2 unspecified atom stereocenters. The highest BCUT2D eigenvalue weighted by atomic mass is 16.5. The second-order valence-corrected chi connectivity index (χ2v) is 6.98. The van der Waals surface area contributed by atoms with Gasteiger partial charge in [0.2, 0.25) is 11.7 Å². The van der Waals surface area contributed by atoms with Gasteiger partial charge in [-0.2, -0.15) is 4.98 Å². The highest BCUT2D eigenvalue weighted by Gasteiger charge is 2.30. The molecule has 1 aromatic rings. The molecule has 0 amide bonds. The van der Waals surface area contributed by atoms with Crippen LogP contribution in [0.2, 0.25) is 0 Å². The van der Waals surface area contributed by atoms with E-state index in [2.05, 4.69) is 37.8 Å². The average molecular weight is 297 g/mol. The molecule has 122 valence electrons. The molecule has 5 nitrogen and oxygen atoms in total. The van der Waals surface area contributed by atoms with Crippen molar-refractivity contribution in [3.8, 4) is 0 Å². The lowest BCUT2D eigenvalue weighted by Gasteiger charge is -2.30. The molecule has 0 aliphatic carbocycles. The van der Waals surface area contributed by atoms with Gasteiger partial charge in [-0.15, -0.1) is 0 Å². The standard InChI is InChI=1S/C16H31N3O2/c1-7-16(5,20-6)14-18-13(21-19-14)9-8-12(10-11-17)15(2,3)4/h12H,7-11,17H2,1-6H3. The quantitative estimate of drug-likeness (QED) is 0.797. The van der Waals surface area contributed by atoms with Crippen LogP contribution in [0.4, 0.5) is 0 Å². The van der Waals surface area contributed by atoms with Crippen LogP contribution in [0.3, 0.4) is 0 Å². The van der Waals surface area contributed by atoms with Crippen molar-refractivity contribution in [2.45, 2.75) is 65.9 Å². The molecule has 1 heterocycles. The van der Waals surface area contributed by atoms with Crippen LogP contribution in [0.15, 0.2) is 4.52 Å². The number of ether oxygens (including phenoxy) is 1. The Bertz CT molecular complexity index is 419. The fourth-order valence-electron chi connectivity index (χ4n) is 2.47. The van der Waals surface area contributed by atoms with Gasteiger partial charge in [-0.1, -0.05) is 32.9 Å². The molecule has 0 radical (unpaired) electrons. The van der Waals surface area contributed by atoms with Gasteiger partial charge < -0.3 is 15.0 Å². The van der Waals surface area contributed by atoms with Crippen molar-refractivity contribution in [3.63, 3.8) is 0 Å². The Labute approximate surface area is 128 Å². The molecule has 0 fully saturated rings. The van der Waals surface area contributed by atoms with Crippen molar-refractivity contribution < 1.29 is 9.26 Å². The molecule has 1 aromatic heterocycles. The molecule has 0 aliphatic heterocycles. The van der Waals surface area contributed by atoms with Crippen molar-refractivity contribution in [2.75, 3.05) is 13.7 Å². The minimum atomic E-state index is -0.470. The summed E-state index contributed by atoms with van der Waals surface area (Å²) < 4.78 is 10.9. The Morgan fingerprint density at radius 3 is 2.38 bits per heavy atom.